The van der Waals surface area contributed by atoms with E-state index in [-0.39, 0.29) is 0 Å². The fourth-order valence-electron chi connectivity index (χ4n) is 3.52. The molecule has 26 heavy (non-hydrogen) atoms. The highest BCUT2D eigenvalue weighted by atomic mass is 16.5. The van der Waals surface area contributed by atoms with Gasteiger partial charge in [-0.05, 0) is 34.7 Å². The molecule has 0 radical (unpaired) electrons. The van der Waals surface area contributed by atoms with Crippen LogP contribution in [0.1, 0.15) is 41.6 Å². The Morgan fingerprint density at radius 1 is 1.15 bits per heavy atom. The lowest BCUT2D eigenvalue weighted by atomic mass is 10.0. The standard InChI is InChI=1S/C22H25N3O/c1-2-21(19-7-8-22-20(13-19)9-12-26-22)24-14-17-3-5-18(6-4-17)15-25-11-10-23-16-25/h3-8,10-11,13,16,21,24H,2,9,12,14-15H2,1H3. The summed E-state index contributed by atoms with van der Waals surface area (Å²) in [4.78, 5) is 4.09. The summed E-state index contributed by atoms with van der Waals surface area (Å²) in [7, 11) is 0. The van der Waals surface area contributed by atoms with Crippen LogP contribution in [0.3, 0.4) is 0 Å². The number of ether oxygens (including phenoxy) is 1. The van der Waals surface area contributed by atoms with Crippen LogP contribution in [0.5, 0.6) is 5.75 Å². The summed E-state index contributed by atoms with van der Waals surface area (Å²) in [5.41, 5.74) is 5.29. The van der Waals surface area contributed by atoms with Crippen molar-refractivity contribution in [2.24, 2.45) is 0 Å². The molecule has 1 N–H and O–H groups in total. The number of aromatic nitrogens is 2. The summed E-state index contributed by atoms with van der Waals surface area (Å²) in [5.74, 6) is 1.05. The molecule has 4 nitrogen and oxygen atoms in total. The topological polar surface area (TPSA) is 39.1 Å². The maximum Gasteiger partial charge on any atom is 0.122 e. The van der Waals surface area contributed by atoms with Gasteiger partial charge in [-0.1, -0.05) is 43.3 Å². The molecule has 4 rings (SSSR count). The van der Waals surface area contributed by atoms with Crippen molar-refractivity contribution in [2.45, 2.75) is 38.9 Å². The Kier molecular flexibility index (Phi) is 5.02. The minimum atomic E-state index is 0.367. The van der Waals surface area contributed by atoms with E-state index < -0.39 is 0 Å². The third-order valence-electron chi connectivity index (χ3n) is 5.02. The monoisotopic (exact) mass is 347 g/mol. The van der Waals surface area contributed by atoms with Gasteiger partial charge < -0.3 is 14.6 Å². The van der Waals surface area contributed by atoms with E-state index in [0.717, 1.165) is 38.3 Å². The zero-order valence-electron chi connectivity index (χ0n) is 15.2. The Morgan fingerprint density at radius 2 is 2.00 bits per heavy atom. The molecule has 2 heterocycles. The van der Waals surface area contributed by atoms with Crippen LogP contribution in [0.15, 0.2) is 61.2 Å². The predicted molar refractivity (Wildman–Crippen MR) is 103 cm³/mol. The van der Waals surface area contributed by atoms with Gasteiger partial charge in [0.15, 0.2) is 0 Å². The lowest BCUT2D eigenvalue weighted by Gasteiger charge is -2.18. The largest absolute Gasteiger partial charge is 0.493 e. The van der Waals surface area contributed by atoms with Gasteiger partial charge in [-0.15, -0.1) is 0 Å². The van der Waals surface area contributed by atoms with Crippen LogP contribution in [0.4, 0.5) is 0 Å². The van der Waals surface area contributed by atoms with Crippen LogP contribution in [0.25, 0.3) is 0 Å². The highest BCUT2D eigenvalue weighted by Gasteiger charge is 2.15. The summed E-state index contributed by atoms with van der Waals surface area (Å²) in [6, 6.07) is 15.8. The van der Waals surface area contributed by atoms with Crippen LogP contribution in [-0.2, 0) is 19.5 Å². The lowest BCUT2D eigenvalue weighted by molar-refractivity contribution is 0.356. The van der Waals surface area contributed by atoms with Gasteiger partial charge in [0, 0.05) is 37.9 Å². The average Bonchev–Trinajstić information content (AvgIpc) is 3.35. The Labute approximate surface area is 154 Å². The number of nitrogens with one attached hydrogen (secondary N) is 1. The minimum Gasteiger partial charge on any atom is -0.493 e. The summed E-state index contributed by atoms with van der Waals surface area (Å²) in [6.07, 6.45) is 7.75. The second kappa shape index (κ2) is 7.75. The van der Waals surface area contributed by atoms with Crippen LogP contribution in [0.2, 0.25) is 0 Å². The molecule has 1 unspecified atom stereocenters. The van der Waals surface area contributed by atoms with Crippen molar-refractivity contribution in [3.63, 3.8) is 0 Å². The van der Waals surface area contributed by atoms with Gasteiger partial charge in [-0.2, -0.15) is 0 Å². The summed E-state index contributed by atoms with van der Waals surface area (Å²) < 4.78 is 7.70. The quantitative estimate of drug-likeness (QED) is 0.699. The maximum absolute atomic E-state index is 5.62. The second-order valence-electron chi connectivity index (χ2n) is 6.86. The first kappa shape index (κ1) is 16.9. The smallest absolute Gasteiger partial charge is 0.122 e. The molecule has 3 aromatic rings. The molecule has 1 aromatic heterocycles. The molecule has 4 heteroatoms. The highest BCUT2D eigenvalue weighted by molar-refractivity contribution is 5.40. The van der Waals surface area contributed by atoms with Crippen molar-refractivity contribution < 1.29 is 4.74 Å². The van der Waals surface area contributed by atoms with Crippen molar-refractivity contribution in [2.75, 3.05) is 6.61 Å². The van der Waals surface area contributed by atoms with Crippen LogP contribution < -0.4 is 10.1 Å². The normalized spacial score (nSPS) is 14.0. The molecule has 0 saturated carbocycles. The van der Waals surface area contributed by atoms with E-state index in [1.807, 2.05) is 18.7 Å². The average molecular weight is 347 g/mol. The Morgan fingerprint density at radius 3 is 2.77 bits per heavy atom. The van der Waals surface area contributed by atoms with Crippen molar-refractivity contribution in [1.29, 1.82) is 0 Å². The molecule has 134 valence electrons. The molecule has 0 saturated heterocycles. The van der Waals surface area contributed by atoms with Gasteiger partial charge in [0.05, 0.1) is 12.9 Å². The molecular formula is C22H25N3O. The van der Waals surface area contributed by atoms with Crippen LogP contribution >= 0.6 is 0 Å². The van der Waals surface area contributed by atoms with E-state index in [1.54, 1.807) is 0 Å². The van der Waals surface area contributed by atoms with Crippen molar-refractivity contribution >= 4 is 0 Å². The number of benzene rings is 2. The second-order valence-corrected chi connectivity index (χ2v) is 6.86. The molecule has 0 bridgehead atoms. The third kappa shape index (κ3) is 3.81. The summed E-state index contributed by atoms with van der Waals surface area (Å²) >= 11 is 0. The van der Waals surface area contributed by atoms with Crippen molar-refractivity contribution in [3.8, 4) is 5.75 Å². The predicted octanol–water partition coefficient (Wildman–Crippen LogP) is 4.11. The first-order chi connectivity index (χ1) is 12.8. The van der Waals surface area contributed by atoms with Crippen molar-refractivity contribution in [1.82, 2.24) is 14.9 Å². The first-order valence-electron chi connectivity index (χ1n) is 9.34. The molecule has 0 fully saturated rings. The SMILES string of the molecule is CCC(NCc1ccc(Cn2ccnc2)cc1)c1ccc2c(c1)CCO2. The lowest BCUT2D eigenvalue weighted by Crippen LogP contribution is -2.20. The van der Waals surface area contributed by atoms with E-state index >= 15 is 0 Å². The summed E-state index contributed by atoms with van der Waals surface area (Å²) in [5, 5.41) is 3.70. The van der Waals surface area contributed by atoms with E-state index in [9.17, 15) is 0 Å². The van der Waals surface area contributed by atoms with Crippen molar-refractivity contribution in [3.05, 3.63) is 83.4 Å². The zero-order chi connectivity index (χ0) is 17.8. The summed E-state index contributed by atoms with van der Waals surface area (Å²) in [6.45, 7) is 4.78. The van der Waals surface area contributed by atoms with Gasteiger partial charge in [0.2, 0.25) is 0 Å². The Bertz CT molecular complexity index is 840. The zero-order valence-corrected chi connectivity index (χ0v) is 15.2. The fraction of sp³-hybridized carbons (Fsp3) is 0.318. The van der Waals surface area contributed by atoms with Gasteiger partial charge in [0.1, 0.15) is 5.75 Å². The van der Waals surface area contributed by atoms with Gasteiger partial charge in [-0.25, -0.2) is 4.98 Å². The number of fused-ring (bicyclic) bond motifs is 1. The molecule has 1 aliphatic heterocycles. The van der Waals surface area contributed by atoms with E-state index in [2.05, 4.69) is 64.3 Å². The molecule has 0 amide bonds. The molecule has 0 spiro atoms. The van der Waals surface area contributed by atoms with E-state index in [1.165, 1.54) is 22.3 Å². The Hall–Kier alpha value is -2.59. The maximum atomic E-state index is 5.62. The minimum absolute atomic E-state index is 0.367. The van der Waals surface area contributed by atoms with Gasteiger partial charge in [0.25, 0.3) is 0 Å². The van der Waals surface area contributed by atoms with Gasteiger partial charge in [-0.3, -0.25) is 0 Å². The van der Waals surface area contributed by atoms with Gasteiger partial charge >= 0.3 is 0 Å². The van der Waals surface area contributed by atoms with E-state index in [4.69, 9.17) is 4.74 Å². The molecule has 1 atom stereocenters. The number of hydrogen-bond donors (Lipinski definition) is 1. The first-order valence-corrected chi connectivity index (χ1v) is 9.34. The number of hydrogen-bond acceptors (Lipinski definition) is 3. The molecular weight excluding hydrogens is 322 g/mol. The number of nitrogens with zero attached hydrogens (tertiary/aromatic N) is 2. The third-order valence-corrected chi connectivity index (χ3v) is 5.02. The highest BCUT2D eigenvalue weighted by Crippen LogP contribution is 2.29. The fourth-order valence-corrected chi connectivity index (χ4v) is 3.52. The van der Waals surface area contributed by atoms with Crippen LogP contribution in [-0.4, -0.2) is 16.2 Å². The number of rotatable bonds is 7. The molecule has 1 aliphatic rings. The van der Waals surface area contributed by atoms with E-state index in [0.29, 0.717) is 6.04 Å². The van der Waals surface area contributed by atoms with Crippen LogP contribution in [0, 0.1) is 0 Å². The Balaban J connectivity index is 1.37. The molecule has 0 aliphatic carbocycles. The molecule has 2 aromatic carbocycles. The number of imidazole rings is 1.